The predicted molar refractivity (Wildman–Crippen MR) is 110 cm³/mol. The van der Waals surface area contributed by atoms with Gasteiger partial charge in [0.1, 0.15) is 0 Å². The number of carbonyl (C=O) groups is 1. The first-order valence-electron chi connectivity index (χ1n) is 9.09. The number of benzene rings is 3. The lowest BCUT2D eigenvalue weighted by Gasteiger charge is -2.11. The Morgan fingerprint density at radius 1 is 0.852 bits per heavy atom. The van der Waals surface area contributed by atoms with Gasteiger partial charge in [-0.1, -0.05) is 56.3 Å². The molecule has 134 valence electrons. The fourth-order valence-electron chi connectivity index (χ4n) is 3.49. The second-order valence-corrected chi connectivity index (χ2v) is 7.11. The SMILES string of the molecule is CC(C)c1cccc2ccc(-c3ccc(-c4ccc(C(=O)O)cc4)[nH]3)cc12. The van der Waals surface area contributed by atoms with Gasteiger partial charge in [-0.25, -0.2) is 4.79 Å². The maximum absolute atomic E-state index is 11.0. The minimum atomic E-state index is -0.911. The summed E-state index contributed by atoms with van der Waals surface area (Å²) in [5.74, 6) is -0.443. The second-order valence-electron chi connectivity index (χ2n) is 7.11. The molecule has 0 bridgehead atoms. The first-order valence-corrected chi connectivity index (χ1v) is 9.09. The van der Waals surface area contributed by atoms with Crippen LogP contribution >= 0.6 is 0 Å². The molecule has 0 aliphatic carbocycles. The topological polar surface area (TPSA) is 53.1 Å². The standard InChI is InChI=1S/C24H21NO2/c1-15(2)20-5-3-4-16-6-11-19(14-21(16)20)23-13-12-22(25-23)17-7-9-18(10-8-17)24(26)27/h3-15,25H,1-2H3,(H,26,27). The summed E-state index contributed by atoms with van der Waals surface area (Å²) in [5, 5.41) is 11.6. The van der Waals surface area contributed by atoms with Gasteiger partial charge in [-0.05, 0) is 63.7 Å². The highest BCUT2D eigenvalue weighted by Gasteiger charge is 2.09. The van der Waals surface area contributed by atoms with Crippen LogP contribution in [0, 0.1) is 0 Å². The molecule has 4 aromatic rings. The van der Waals surface area contributed by atoms with Crippen molar-refractivity contribution in [2.45, 2.75) is 19.8 Å². The number of carboxylic acids is 1. The lowest BCUT2D eigenvalue weighted by Crippen LogP contribution is -1.94. The fourth-order valence-corrected chi connectivity index (χ4v) is 3.49. The molecule has 4 rings (SSSR count). The number of fused-ring (bicyclic) bond motifs is 1. The van der Waals surface area contributed by atoms with E-state index in [-0.39, 0.29) is 0 Å². The van der Waals surface area contributed by atoms with Crippen molar-refractivity contribution in [3.05, 3.63) is 83.9 Å². The quantitative estimate of drug-likeness (QED) is 0.450. The van der Waals surface area contributed by atoms with Crippen molar-refractivity contribution in [2.75, 3.05) is 0 Å². The summed E-state index contributed by atoms with van der Waals surface area (Å²) in [6.07, 6.45) is 0. The van der Waals surface area contributed by atoms with E-state index in [2.05, 4.69) is 61.3 Å². The number of aromatic nitrogens is 1. The van der Waals surface area contributed by atoms with E-state index in [1.54, 1.807) is 12.1 Å². The molecule has 1 heterocycles. The summed E-state index contributed by atoms with van der Waals surface area (Å²) in [4.78, 5) is 14.5. The molecule has 0 atom stereocenters. The summed E-state index contributed by atoms with van der Waals surface area (Å²) < 4.78 is 0. The van der Waals surface area contributed by atoms with E-state index < -0.39 is 5.97 Å². The second kappa shape index (κ2) is 6.76. The van der Waals surface area contributed by atoms with Crippen molar-refractivity contribution >= 4 is 16.7 Å². The predicted octanol–water partition coefficient (Wildman–Crippen LogP) is 6.32. The Hall–Kier alpha value is -3.33. The molecule has 1 aromatic heterocycles. The molecule has 27 heavy (non-hydrogen) atoms. The van der Waals surface area contributed by atoms with Crippen LogP contribution in [0.5, 0.6) is 0 Å². The average molecular weight is 355 g/mol. The molecular weight excluding hydrogens is 334 g/mol. The van der Waals surface area contributed by atoms with Gasteiger partial charge in [0.25, 0.3) is 0 Å². The summed E-state index contributed by atoms with van der Waals surface area (Å²) >= 11 is 0. The Morgan fingerprint density at radius 2 is 1.52 bits per heavy atom. The van der Waals surface area contributed by atoms with Gasteiger partial charge in [0, 0.05) is 11.4 Å². The first-order chi connectivity index (χ1) is 13.0. The first kappa shape index (κ1) is 17.1. The number of aromatic carboxylic acids is 1. The molecule has 0 saturated carbocycles. The van der Waals surface area contributed by atoms with E-state index in [9.17, 15) is 4.79 Å². The van der Waals surface area contributed by atoms with E-state index in [0.29, 0.717) is 11.5 Å². The van der Waals surface area contributed by atoms with E-state index in [1.807, 2.05) is 18.2 Å². The summed E-state index contributed by atoms with van der Waals surface area (Å²) in [6.45, 7) is 4.43. The Morgan fingerprint density at radius 3 is 2.19 bits per heavy atom. The molecule has 2 N–H and O–H groups in total. The minimum absolute atomic E-state index is 0.293. The zero-order chi connectivity index (χ0) is 19.0. The molecule has 0 radical (unpaired) electrons. The molecular formula is C24H21NO2. The maximum atomic E-state index is 11.0. The van der Waals surface area contributed by atoms with Crippen molar-refractivity contribution in [1.29, 1.82) is 0 Å². The van der Waals surface area contributed by atoms with Crippen molar-refractivity contribution in [3.63, 3.8) is 0 Å². The zero-order valence-corrected chi connectivity index (χ0v) is 15.4. The minimum Gasteiger partial charge on any atom is -0.478 e. The van der Waals surface area contributed by atoms with Crippen molar-refractivity contribution in [1.82, 2.24) is 4.98 Å². The lowest BCUT2D eigenvalue weighted by molar-refractivity contribution is 0.0697. The van der Waals surface area contributed by atoms with Crippen LogP contribution in [0.1, 0.15) is 35.7 Å². The van der Waals surface area contributed by atoms with Crippen LogP contribution in [0.15, 0.2) is 72.8 Å². The molecule has 0 aliphatic rings. The molecule has 0 amide bonds. The van der Waals surface area contributed by atoms with Gasteiger partial charge < -0.3 is 10.1 Å². The Labute approximate surface area is 158 Å². The van der Waals surface area contributed by atoms with Crippen LogP contribution < -0.4 is 0 Å². The molecule has 0 saturated heterocycles. The fraction of sp³-hybridized carbons (Fsp3) is 0.125. The number of hydrogen-bond acceptors (Lipinski definition) is 1. The largest absolute Gasteiger partial charge is 0.478 e. The highest BCUT2D eigenvalue weighted by Crippen LogP contribution is 2.31. The van der Waals surface area contributed by atoms with Gasteiger partial charge in [0.2, 0.25) is 0 Å². The maximum Gasteiger partial charge on any atom is 0.335 e. The number of carboxylic acid groups (broad SMARTS) is 1. The van der Waals surface area contributed by atoms with Crippen molar-refractivity contribution in [3.8, 4) is 22.5 Å². The van der Waals surface area contributed by atoms with Crippen LogP contribution in [-0.2, 0) is 0 Å². The van der Waals surface area contributed by atoms with Gasteiger partial charge in [-0.3, -0.25) is 0 Å². The molecule has 3 aromatic carbocycles. The molecule has 0 spiro atoms. The number of rotatable bonds is 4. The highest BCUT2D eigenvalue weighted by molar-refractivity contribution is 5.90. The number of hydrogen-bond donors (Lipinski definition) is 2. The third-order valence-electron chi connectivity index (χ3n) is 4.98. The van der Waals surface area contributed by atoms with Crippen LogP contribution in [0.3, 0.4) is 0 Å². The van der Waals surface area contributed by atoms with Crippen LogP contribution in [0.2, 0.25) is 0 Å². The molecule has 0 unspecified atom stereocenters. The Balaban J connectivity index is 1.72. The molecule has 0 fully saturated rings. The summed E-state index contributed by atoms with van der Waals surface area (Å²) in [6, 6.07) is 24.0. The van der Waals surface area contributed by atoms with Gasteiger partial charge in [0.05, 0.1) is 5.56 Å². The zero-order valence-electron chi connectivity index (χ0n) is 15.4. The lowest BCUT2D eigenvalue weighted by atomic mass is 9.94. The van der Waals surface area contributed by atoms with Crippen molar-refractivity contribution in [2.24, 2.45) is 0 Å². The summed E-state index contributed by atoms with van der Waals surface area (Å²) in [5.41, 5.74) is 5.78. The third kappa shape index (κ3) is 3.24. The van der Waals surface area contributed by atoms with Crippen LogP contribution in [-0.4, -0.2) is 16.1 Å². The van der Waals surface area contributed by atoms with E-state index in [4.69, 9.17) is 5.11 Å². The Kier molecular flexibility index (Phi) is 4.28. The number of aromatic amines is 1. The average Bonchev–Trinajstić information content (AvgIpc) is 3.17. The van der Waals surface area contributed by atoms with E-state index in [1.165, 1.54) is 16.3 Å². The van der Waals surface area contributed by atoms with E-state index >= 15 is 0 Å². The van der Waals surface area contributed by atoms with E-state index in [0.717, 1.165) is 22.5 Å². The molecule has 0 aliphatic heterocycles. The summed E-state index contributed by atoms with van der Waals surface area (Å²) in [7, 11) is 0. The number of H-pyrrole nitrogens is 1. The number of nitrogens with one attached hydrogen (secondary N) is 1. The van der Waals surface area contributed by atoms with Gasteiger partial charge in [-0.2, -0.15) is 0 Å². The van der Waals surface area contributed by atoms with Gasteiger partial charge >= 0.3 is 5.97 Å². The molecule has 3 nitrogen and oxygen atoms in total. The van der Waals surface area contributed by atoms with Crippen molar-refractivity contribution < 1.29 is 9.90 Å². The van der Waals surface area contributed by atoms with Gasteiger partial charge in [0.15, 0.2) is 0 Å². The monoisotopic (exact) mass is 355 g/mol. The third-order valence-corrected chi connectivity index (χ3v) is 4.98. The van der Waals surface area contributed by atoms with Crippen LogP contribution in [0.25, 0.3) is 33.3 Å². The smallest absolute Gasteiger partial charge is 0.335 e. The van der Waals surface area contributed by atoms with Crippen LogP contribution in [0.4, 0.5) is 0 Å². The van der Waals surface area contributed by atoms with Gasteiger partial charge in [-0.15, -0.1) is 0 Å². The Bertz CT molecular complexity index is 1120. The highest BCUT2D eigenvalue weighted by atomic mass is 16.4. The normalized spacial score (nSPS) is 11.2. The molecule has 3 heteroatoms.